The van der Waals surface area contributed by atoms with E-state index in [-0.39, 0.29) is 68.4 Å². The number of likely N-dealkylation sites (N-methyl/N-ethyl adjacent to an activating group) is 1. The van der Waals surface area contributed by atoms with Gasteiger partial charge in [0.05, 0.1) is 19.5 Å². The number of aliphatic hydroxyl groups is 3. The van der Waals surface area contributed by atoms with Gasteiger partial charge in [-0.3, -0.25) is 39.4 Å². The Morgan fingerprint density at radius 1 is 1.10 bits per heavy atom. The molecule has 0 saturated carbocycles. The molecule has 12 atom stereocenters. The van der Waals surface area contributed by atoms with E-state index in [4.69, 9.17) is 20.9 Å². The Morgan fingerprint density at radius 3 is 2.42 bits per heavy atom. The number of aromatic amines is 1. The Balaban J connectivity index is 0.00000523. The minimum absolute atomic E-state index is 0. The summed E-state index contributed by atoms with van der Waals surface area (Å²) in [4.78, 5) is 65.4. The van der Waals surface area contributed by atoms with Crippen molar-refractivity contribution in [2.75, 3.05) is 32.7 Å². The van der Waals surface area contributed by atoms with Crippen LogP contribution in [0.15, 0.2) is 27.6 Å². The van der Waals surface area contributed by atoms with E-state index in [1.165, 1.54) is 0 Å². The van der Waals surface area contributed by atoms with Crippen LogP contribution in [0.3, 0.4) is 0 Å². The molecule has 4 aliphatic heterocycles. The molecule has 4 aliphatic rings. The average Bonchev–Trinajstić information content (AvgIpc) is 3.74. The van der Waals surface area contributed by atoms with Gasteiger partial charge in [-0.15, -0.1) is 0 Å². The average molecular weight is 873 g/mol. The van der Waals surface area contributed by atoms with Crippen LogP contribution in [-0.4, -0.2) is 109 Å². The van der Waals surface area contributed by atoms with Crippen LogP contribution >= 0.6 is 23.5 Å². The number of nitrogens with two attached hydrogens (primary N) is 2. The number of aliphatic hydroxyl groups excluding tert-OH is 3. The maximum absolute atomic E-state index is 12.4. The normalized spacial score (nSPS) is 33.9. The number of phosphoric acid groups is 3. The summed E-state index contributed by atoms with van der Waals surface area (Å²) in [5.41, 5.74) is 10.6. The number of nitrogens with one attached hydrogen (secondary N) is 2. The Hall–Kier alpha value is -1.77. The van der Waals surface area contributed by atoms with Crippen LogP contribution in [0.1, 0.15) is 13.2 Å². The van der Waals surface area contributed by atoms with Crippen LogP contribution in [0, 0.1) is 12.3 Å². The van der Waals surface area contributed by atoms with Gasteiger partial charge in [0, 0.05) is 45.7 Å². The van der Waals surface area contributed by atoms with Gasteiger partial charge < -0.3 is 75.2 Å². The van der Waals surface area contributed by atoms with E-state index >= 15 is 0 Å². The number of H-pyrrole nitrogens is 1. The first-order chi connectivity index (χ1) is 23.7. The van der Waals surface area contributed by atoms with Crippen molar-refractivity contribution in [3.8, 4) is 0 Å². The summed E-state index contributed by atoms with van der Waals surface area (Å²) in [6, 6.07) is 0. The predicted octanol–water partition coefficient (Wildman–Crippen LogP) is -5.67. The minimum atomic E-state index is -6.25. The quantitative estimate of drug-likeness (QED) is 0.0772. The van der Waals surface area contributed by atoms with E-state index in [1.807, 2.05) is 0 Å². The number of hydrogen-bond donors (Lipinski definition) is 7. The molecule has 0 bridgehead atoms. The summed E-state index contributed by atoms with van der Waals surface area (Å²) in [5.74, 6) is -0.428. The van der Waals surface area contributed by atoms with Gasteiger partial charge in [0.1, 0.15) is 30.2 Å². The number of aliphatic imine (C=N–C) groups is 1. The van der Waals surface area contributed by atoms with Gasteiger partial charge in [-0.1, -0.05) is 12.8 Å². The number of nitrogen functional groups attached to an aromatic ring is 1. The zero-order valence-electron chi connectivity index (χ0n) is 26.8. The summed E-state index contributed by atoms with van der Waals surface area (Å²) in [6.07, 6.45) is -7.07. The molecule has 2 aromatic rings. The predicted molar refractivity (Wildman–Crippen MR) is 159 cm³/mol. The third kappa shape index (κ3) is 8.70. The molecule has 0 amide bonds. The minimum Gasteiger partial charge on any atom is -0.756 e. The summed E-state index contributed by atoms with van der Waals surface area (Å²) < 4.78 is 66.1. The summed E-state index contributed by atoms with van der Waals surface area (Å²) in [7, 11) is -16.3. The van der Waals surface area contributed by atoms with Crippen molar-refractivity contribution in [3.63, 3.8) is 0 Å². The number of aromatic nitrogens is 4. The number of phosphoric ester groups is 2. The van der Waals surface area contributed by atoms with Crippen molar-refractivity contribution in [2.45, 2.75) is 50.0 Å². The van der Waals surface area contributed by atoms with Gasteiger partial charge in [0.25, 0.3) is 29.0 Å². The molecule has 6 heterocycles. The molecule has 1 radical (unpaired) electrons. The first kappa shape index (κ1) is 41.4. The molecule has 287 valence electrons. The van der Waals surface area contributed by atoms with Crippen molar-refractivity contribution >= 4 is 46.5 Å². The van der Waals surface area contributed by atoms with E-state index in [0.717, 1.165) is 10.9 Å². The van der Waals surface area contributed by atoms with Crippen LogP contribution < -0.4 is 36.6 Å². The summed E-state index contributed by atoms with van der Waals surface area (Å²) in [6.45, 7) is 0.106. The molecule has 52 heavy (non-hydrogen) atoms. The second-order valence-corrected chi connectivity index (χ2v) is 16.2. The number of ether oxygens (including phenoxy) is 2. The zero-order valence-corrected chi connectivity index (χ0v) is 32.3. The van der Waals surface area contributed by atoms with Crippen molar-refractivity contribution in [3.05, 3.63) is 39.9 Å². The number of quaternary nitrogens is 1. The van der Waals surface area contributed by atoms with Gasteiger partial charge in [-0.25, -0.2) is 13.6 Å². The van der Waals surface area contributed by atoms with Gasteiger partial charge in [0.2, 0.25) is 5.95 Å². The van der Waals surface area contributed by atoms with Crippen LogP contribution in [0.25, 0.3) is 16.5 Å². The van der Waals surface area contributed by atoms with Crippen LogP contribution in [0.5, 0.6) is 0 Å². The van der Waals surface area contributed by atoms with Crippen molar-refractivity contribution in [1.82, 2.24) is 24.4 Å². The first-order valence-electron chi connectivity index (χ1n) is 14.7. The smallest absolute Gasteiger partial charge is 0.280 e. The molecular formula is C22H31N10O16P3Y-4. The number of hydrogen-bond acceptors (Lipinski definition) is 22. The number of guanidine groups is 1. The number of nitrogens with zero attached hydrogens (tertiary/aromatic N) is 6. The number of fused-ring (bicyclic) bond motifs is 1. The van der Waals surface area contributed by atoms with E-state index < -0.39 is 85.3 Å². The fourth-order valence-corrected chi connectivity index (χ4v) is 9.30. The van der Waals surface area contributed by atoms with Crippen molar-refractivity contribution in [1.29, 1.82) is 0 Å². The van der Waals surface area contributed by atoms with Gasteiger partial charge in [-0.2, -0.15) is 4.98 Å². The molecule has 0 aliphatic carbocycles. The third-order valence-electron chi connectivity index (χ3n) is 8.01. The van der Waals surface area contributed by atoms with E-state index in [1.54, 1.807) is 25.3 Å². The molecule has 8 unspecified atom stereocenters. The fraction of sp³-hybridized carbons (Fsp3) is 0.591. The van der Waals surface area contributed by atoms with Gasteiger partial charge in [-0.05, 0) is 6.10 Å². The molecule has 2 fully saturated rings. The summed E-state index contributed by atoms with van der Waals surface area (Å²) in [5, 5.41) is 35.0. The van der Waals surface area contributed by atoms with Gasteiger partial charge in [0.15, 0.2) is 36.1 Å². The molecular weight excluding hydrogens is 842 g/mol. The zero-order chi connectivity index (χ0) is 37.2. The molecule has 0 spiro atoms. The number of anilines is 1. The monoisotopic (exact) mass is 873 g/mol. The molecule has 9 N–H and O–H groups in total. The maximum Gasteiger partial charge on any atom is 0.280 e. The molecule has 2 aromatic heterocycles. The van der Waals surface area contributed by atoms with Crippen LogP contribution in [0.4, 0.5) is 5.95 Å². The third-order valence-corrected chi connectivity index (χ3v) is 12.1. The Kier molecular flexibility index (Phi) is 12.3. The van der Waals surface area contributed by atoms with E-state index in [9.17, 15) is 48.5 Å². The topological polar surface area (TPSA) is 386 Å². The maximum atomic E-state index is 12.4. The van der Waals surface area contributed by atoms with E-state index in [2.05, 4.69) is 42.9 Å². The van der Waals surface area contributed by atoms with Gasteiger partial charge >= 0.3 is 0 Å². The largest absolute Gasteiger partial charge is 0.756 e. The SMILES string of the molecule is CC1[CH-][C@@H](COP(=O)([O-])OP(=O)([O-])OP(=O)([O-])OC[C@H]2O[C@@H](n3cnc4c(=O)[nH]c(N)nc43)C(O)C2O)O[C@H]1[NH+]1CN(C)C2=C1N=C(N)[N-]C2O.[Y]. The Bertz CT molecular complexity index is 1950. The number of rotatable bonds is 12. The Labute approximate surface area is 317 Å². The molecule has 2 saturated heterocycles. The standard InChI is InChI=1S/C22H34N10O16P3.Y/c1-8-3-9(45-19(8)32-7-30(2)12-16(32)27-22(24)29-18(12)36)4-43-49(37,38)47-51(41,42)48-50(39,40)44-5-10-13(33)14(34)20(46-10)31-6-25-11-15(31)26-21(23)28-17(11)35;/h3,6,8-10,13-14,18-20,33-34,36H,4-5,7H2,1-2H3,(H9,23,24,26,27,28,29,35,37,38,39,40,41,42);/q-1;/p-3/t8?,9-,10+,13?,14?,18?,19+,20+;/m0./s1. The second kappa shape index (κ2) is 15.4. The van der Waals surface area contributed by atoms with Crippen LogP contribution in [-0.2, 0) is 73.5 Å². The second-order valence-electron chi connectivity index (χ2n) is 11.7. The fourth-order valence-electron chi connectivity index (χ4n) is 5.92. The molecule has 30 heteroatoms. The van der Waals surface area contributed by atoms with Crippen molar-refractivity contribution in [2.24, 2.45) is 16.6 Å². The van der Waals surface area contributed by atoms with Crippen molar-refractivity contribution < 1.29 is 108 Å². The molecule has 0 aromatic carbocycles. The van der Waals surface area contributed by atoms with Crippen LogP contribution in [0.2, 0.25) is 0 Å². The summed E-state index contributed by atoms with van der Waals surface area (Å²) >= 11 is 0. The Morgan fingerprint density at radius 2 is 1.75 bits per heavy atom. The molecule has 6 rings (SSSR count). The number of imidazole rings is 1. The van der Waals surface area contributed by atoms with E-state index in [0.29, 0.717) is 16.4 Å². The first-order valence-corrected chi connectivity index (χ1v) is 19.1. The molecule has 26 nitrogen and oxygen atoms in total.